The van der Waals surface area contributed by atoms with Crippen LogP contribution in [-0.4, -0.2) is 27.1 Å². The predicted octanol–water partition coefficient (Wildman–Crippen LogP) is 1.59. The Morgan fingerprint density at radius 1 is 1.33 bits per heavy atom. The van der Waals surface area contributed by atoms with E-state index in [1.54, 1.807) is 18.2 Å². The number of amides is 1. The molecular formula is C12H18N2O3S. The van der Waals surface area contributed by atoms with Gasteiger partial charge in [-0.05, 0) is 24.6 Å². The minimum absolute atomic E-state index is 0.194. The molecule has 0 aromatic heterocycles. The first kappa shape index (κ1) is 14.5. The summed E-state index contributed by atoms with van der Waals surface area (Å²) in [5, 5.41) is 2.77. The Kier molecular flexibility index (Phi) is 5.15. The van der Waals surface area contributed by atoms with Crippen LogP contribution in [0.5, 0.6) is 0 Å². The topological polar surface area (TPSA) is 75.3 Å². The van der Waals surface area contributed by atoms with Crippen LogP contribution in [0.25, 0.3) is 0 Å². The molecule has 1 amide bonds. The van der Waals surface area contributed by atoms with E-state index in [4.69, 9.17) is 0 Å². The van der Waals surface area contributed by atoms with Crippen LogP contribution in [0.2, 0.25) is 0 Å². The van der Waals surface area contributed by atoms with Crippen LogP contribution in [0.3, 0.4) is 0 Å². The van der Waals surface area contributed by atoms with Gasteiger partial charge in [-0.15, -0.1) is 0 Å². The molecule has 0 saturated carbocycles. The normalized spacial score (nSPS) is 11.0. The molecule has 0 aliphatic rings. The van der Waals surface area contributed by atoms with Crippen molar-refractivity contribution in [3.05, 3.63) is 29.8 Å². The van der Waals surface area contributed by atoms with E-state index in [9.17, 15) is 13.2 Å². The fraction of sp³-hybridized carbons (Fsp3) is 0.417. The van der Waals surface area contributed by atoms with Gasteiger partial charge in [0.05, 0.1) is 6.26 Å². The zero-order valence-electron chi connectivity index (χ0n) is 10.6. The maximum atomic E-state index is 11.7. The number of unbranched alkanes of at least 4 members (excludes halogenated alkanes) is 1. The average molecular weight is 270 g/mol. The van der Waals surface area contributed by atoms with Crippen LogP contribution in [0.15, 0.2) is 24.3 Å². The molecule has 1 aromatic carbocycles. The van der Waals surface area contributed by atoms with E-state index in [0.29, 0.717) is 17.8 Å². The van der Waals surface area contributed by atoms with Crippen LogP contribution in [0.1, 0.15) is 30.1 Å². The zero-order chi connectivity index (χ0) is 13.6. The molecule has 0 radical (unpaired) electrons. The number of hydrogen-bond acceptors (Lipinski definition) is 3. The monoisotopic (exact) mass is 270 g/mol. The molecule has 0 atom stereocenters. The van der Waals surface area contributed by atoms with Crippen molar-refractivity contribution in [3.8, 4) is 0 Å². The number of hydrogen-bond donors (Lipinski definition) is 2. The van der Waals surface area contributed by atoms with Crippen molar-refractivity contribution in [1.29, 1.82) is 0 Å². The molecule has 0 saturated heterocycles. The van der Waals surface area contributed by atoms with Crippen molar-refractivity contribution in [3.63, 3.8) is 0 Å². The summed E-state index contributed by atoms with van der Waals surface area (Å²) in [6.45, 7) is 2.67. The van der Waals surface area contributed by atoms with E-state index in [1.165, 1.54) is 6.07 Å². The van der Waals surface area contributed by atoms with Gasteiger partial charge in [0, 0.05) is 17.8 Å². The Hall–Kier alpha value is -1.56. The molecule has 0 aliphatic carbocycles. The molecule has 0 unspecified atom stereocenters. The summed E-state index contributed by atoms with van der Waals surface area (Å²) in [6, 6.07) is 6.41. The summed E-state index contributed by atoms with van der Waals surface area (Å²) in [4.78, 5) is 11.7. The summed E-state index contributed by atoms with van der Waals surface area (Å²) in [5.41, 5.74) is 0.834. The highest BCUT2D eigenvalue weighted by Crippen LogP contribution is 2.11. The second kappa shape index (κ2) is 6.39. The lowest BCUT2D eigenvalue weighted by atomic mass is 10.2. The van der Waals surface area contributed by atoms with Crippen LogP contribution in [0.4, 0.5) is 5.69 Å². The van der Waals surface area contributed by atoms with Gasteiger partial charge < -0.3 is 5.32 Å². The van der Waals surface area contributed by atoms with Gasteiger partial charge in [-0.2, -0.15) is 0 Å². The van der Waals surface area contributed by atoms with Crippen molar-refractivity contribution in [2.75, 3.05) is 17.5 Å². The highest BCUT2D eigenvalue weighted by atomic mass is 32.2. The van der Waals surface area contributed by atoms with Crippen molar-refractivity contribution in [2.24, 2.45) is 0 Å². The quantitative estimate of drug-likeness (QED) is 0.771. The van der Waals surface area contributed by atoms with Gasteiger partial charge in [-0.3, -0.25) is 9.52 Å². The number of carbonyl (C=O) groups is 1. The Morgan fingerprint density at radius 2 is 2.06 bits per heavy atom. The van der Waals surface area contributed by atoms with Crippen molar-refractivity contribution in [2.45, 2.75) is 19.8 Å². The lowest BCUT2D eigenvalue weighted by Crippen LogP contribution is -2.24. The Bertz CT molecular complexity index is 512. The second-order valence-corrected chi connectivity index (χ2v) is 5.81. The predicted molar refractivity (Wildman–Crippen MR) is 72.1 cm³/mol. The molecule has 0 heterocycles. The van der Waals surface area contributed by atoms with Gasteiger partial charge in [-0.1, -0.05) is 19.4 Å². The van der Waals surface area contributed by atoms with Crippen molar-refractivity contribution < 1.29 is 13.2 Å². The SMILES string of the molecule is CCCCNC(=O)c1cccc(NS(C)(=O)=O)c1. The minimum atomic E-state index is -3.32. The third kappa shape index (κ3) is 5.18. The lowest BCUT2D eigenvalue weighted by molar-refractivity contribution is 0.0953. The first-order valence-electron chi connectivity index (χ1n) is 5.78. The number of rotatable bonds is 6. The summed E-state index contributed by atoms with van der Waals surface area (Å²) >= 11 is 0. The van der Waals surface area contributed by atoms with Gasteiger partial charge in [0.1, 0.15) is 0 Å². The summed E-state index contributed by atoms with van der Waals surface area (Å²) in [7, 11) is -3.32. The average Bonchev–Trinajstić information content (AvgIpc) is 2.27. The molecule has 1 rings (SSSR count). The molecular weight excluding hydrogens is 252 g/mol. The largest absolute Gasteiger partial charge is 0.352 e. The minimum Gasteiger partial charge on any atom is -0.352 e. The molecule has 0 bridgehead atoms. The molecule has 0 aliphatic heterocycles. The first-order valence-corrected chi connectivity index (χ1v) is 7.67. The molecule has 5 nitrogen and oxygen atoms in total. The molecule has 18 heavy (non-hydrogen) atoms. The smallest absolute Gasteiger partial charge is 0.251 e. The highest BCUT2D eigenvalue weighted by molar-refractivity contribution is 7.92. The van der Waals surface area contributed by atoms with E-state index in [1.807, 2.05) is 6.92 Å². The fourth-order valence-corrected chi connectivity index (χ4v) is 1.97. The Balaban J connectivity index is 2.72. The van der Waals surface area contributed by atoms with Gasteiger partial charge in [-0.25, -0.2) is 8.42 Å². The Labute approximate surface area is 108 Å². The van der Waals surface area contributed by atoms with Crippen LogP contribution in [0, 0.1) is 0 Å². The van der Waals surface area contributed by atoms with E-state index in [-0.39, 0.29) is 5.91 Å². The lowest BCUT2D eigenvalue weighted by Gasteiger charge is -2.07. The number of carbonyl (C=O) groups excluding carboxylic acids is 1. The molecule has 2 N–H and O–H groups in total. The third-order valence-electron chi connectivity index (χ3n) is 2.24. The zero-order valence-corrected chi connectivity index (χ0v) is 11.4. The van der Waals surface area contributed by atoms with Crippen LogP contribution < -0.4 is 10.0 Å². The molecule has 100 valence electrons. The van der Waals surface area contributed by atoms with Gasteiger partial charge >= 0.3 is 0 Å². The summed E-state index contributed by atoms with van der Waals surface area (Å²) < 4.78 is 24.5. The van der Waals surface area contributed by atoms with Crippen molar-refractivity contribution in [1.82, 2.24) is 5.32 Å². The van der Waals surface area contributed by atoms with E-state index in [0.717, 1.165) is 19.1 Å². The number of anilines is 1. The number of sulfonamides is 1. The third-order valence-corrected chi connectivity index (χ3v) is 2.85. The van der Waals surface area contributed by atoms with Gasteiger partial charge in [0.25, 0.3) is 5.91 Å². The first-order chi connectivity index (χ1) is 8.42. The highest BCUT2D eigenvalue weighted by Gasteiger charge is 2.07. The molecule has 1 aromatic rings. The maximum Gasteiger partial charge on any atom is 0.251 e. The van der Waals surface area contributed by atoms with Crippen molar-refractivity contribution >= 4 is 21.6 Å². The summed E-state index contributed by atoms with van der Waals surface area (Å²) in [6.07, 6.45) is 3.00. The van der Waals surface area contributed by atoms with Gasteiger partial charge in [0.15, 0.2) is 0 Å². The molecule has 0 fully saturated rings. The number of nitrogens with one attached hydrogen (secondary N) is 2. The van der Waals surface area contributed by atoms with Crippen LogP contribution in [-0.2, 0) is 10.0 Å². The molecule has 0 spiro atoms. The molecule has 6 heteroatoms. The van der Waals surface area contributed by atoms with Gasteiger partial charge in [0.2, 0.25) is 10.0 Å². The standard InChI is InChI=1S/C12H18N2O3S/c1-3-4-8-13-12(15)10-6-5-7-11(9-10)14-18(2,16)17/h5-7,9,14H,3-4,8H2,1-2H3,(H,13,15). The number of benzene rings is 1. The summed E-state index contributed by atoms with van der Waals surface area (Å²) in [5.74, 6) is -0.194. The fourth-order valence-electron chi connectivity index (χ4n) is 1.42. The maximum absolute atomic E-state index is 11.7. The van der Waals surface area contributed by atoms with E-state index < -0.39 is 10.0 Å². The Morgan fingerprint density at radius 3 is 2.67 bits per heavy atom. The van der Waals surface area contributed by atoms with E-state index >= 15 is 0 Å². The van der Waals surface area contributed by atoms with E-state index in [2.05, 4.69) is 10.0 Å². The van der Waals surface area contributed by atoms with Crippen LogP contribution >= 0.6 is 0 Å². The second-order valence-electron chi connectivity index (χ2n) is 4.06.